The van der Waals surface area contributed by atoms with Crippen molar-refractivity contribution < 1.29 is 0 Å². The predicted molar refractivity (Wildman–Crippen MR) is 52.5 cm³/mol. The van der Waals surface area contributed by atoms with Crippen molar-refractivity contribution in [2.24, 2.45) is 5.73 Å². The molecule has 0 amide bonds. The number of hydrogen-bond donors (Lipinski definition) is 1. The molecule has 74 valence electrons. The number of nitrogens with two attached hydrogens (primary N) is 1. The van der Waals surface area contributed by atoms with E-state index in [1.807, 2.05) is 6.92 Å². The third kappa shape index (κ3) is 2.06. The van der Waals surface area contributed by atoms with E-state index in [1.54, 1.807) is 6.33 Å². The molecule has 2 atom stereocenters. The molecule has 0 aliphatic rings. The van der Waals surface area contributed by atoms with E-state index in [0.29, 0.717) is 6.04 Å². The molecular formula is C9H18N4. The topological polar surface area (TPSA) is 56.7 Å². The maximum absolute atomic E-state index is 5.82. The molecule has 0 spiro atoms. The largest absolute Gasteiger partial charge is 0.327 e. The van der Waals surface area contributed by atoms with Gasteiger partial charge in [0.25, 0.3) is 0 Å². The summed E-state index contributed by atoms with van der Waals surface area (Å²) in [5.41, 5.74) is 5.82. The molecule has 0 bridgehead atoms. The van der Waals surface area contributed by atoms with E-state index in [9.17, 15) is 0 Å². The fourth-order valence-electron chi connectivity index (χ4n) is 1.21. The highest BCUT2D eigenvalue weighted by atomic mass is 15.3. The van der Waals surface area contributed by atoms with Gasteiger partial charge in [-0.15, -0.1) is 10.2 Å². The predicted octanol–water partition coefficient (Wildman–Crippen LogP) is 1.31. The summed E-state index contributed by atoms with van der Waals surface area (Å²) in [6.45, 7) is 8.29. The van der Waals surface area contributed by atoms with Crippen LogP contribution < -0.4 is 5.73 Å². The van der Waals surface area contributed by atoms with E-state index in [4.69, 9.17) is 5.73 Å². The van der Waals surface area contributed by atoms with Crippen LogP contribution in [0.2, 0.25) is 0 Å². The van der Waals surface area contributed by atoms with Crippen molar-refractivity contribution in [3.63, 3.8) is 0 Å². The highest BCUT2D eigenvalue weighted by Crippen LogP contribution is 2.18. The smallest absolute Gasteiger partial charge is 0.137 e. The van der Waals surface area contributed by atoms with Crippen molar-refractivity contribution in [2.75, 3.05) is 0 Å². The number of nitrogens with zero attached hydrogens (tertiary/aromatic N) is 3. The second-order valence-electron chi connectivity index (χ2n) is 3.84. The second-order valence-corrected chi connectivity index (χ2v) is 3.84. The van der Waals surface area contributed by atoms with Gasteiger partial charge in [-0.05, 0) is 20.8 Å². The second kappa shape index (κ2) is 3.87. The highest BCUT2D eigenvalue weighted by molar-refractivity contribution is 4.99. The van der Waals surface area contributed by atoms with Crippen LogP contribution in [0.4, 0.5) is 0 Å². The minimum absolute atomic E-state index is 0.113. The van der Waals surface area contributed by atoms with Gasteiger partial charge < -0.3 is 10.3 Å². The first-order valence-electron chi connectivity index (χ1n) is 4.69. The Morgan fingerprint density at radius 1 is 1.31 bits per heavy atom. The van der Waals surface area contributed by atoms with E-state index in [1.165, 1.54) is 0 Å². The molecule has 4 nitrogen and oxygen atoms in total. The average molecular weight is 182 g/mol. The first kappa shape index (κ1) is 10.2. The molecule has 1 heterocycles. The van der Waals surface area contributed by atoms with Crippen LogP contribution in [0.5, 0.6) is 0 Å². The zero-order valence-electron chi connectivity index (χ0n) is 8.73. The van der Waals surface area contributed by atoms with Gasteiger partial charge in [-0.2, -0.15) is 0 Å². The van der Waals surface area contributed by atoms with Gasteiger partial charge in [0.05, 0.1) is 0 Å². The molecule has 13 heavy (non-hydrogen) atoms. The van der Waals surface area contributed by atoms with Gasteiger partial charge in [-0.25, -0.2) is 0 Å². The van der Waals surface area contributed by atoms with Gasteiger partial charge in [0, 0.05) is 18.0 Å². The van der Waals surface area contributed by atoms with Crippen LogP contribution in [-0.4, -0.2) is 20.8 Å². The van der Waals surface area contributed by atoms with Crippen molar-refractivity contribution in [3.8, 4) is 0 Å². The maximum atomic E-state index is 5.82. The first-order chi connectivity index (χ1) is 6.04. The molecule has 0 aliphatic heterocycles. The zero-order chi connectivity index (χ0) is 10.0. The van der Waals surface area contributed by atoms with Gasteiger partial charge in [0.15, 0.2) is 0 Å². The average Bonchev–Trinajstić information content (AvgIpc) is 2.50. The van der Waals surface area contributed by atoms with Crippen LogP contribution in [0.25, 0.3) is 0 Å². The quantitative estimate of drug-likeness (QED) is 0.766. The fourth-order valence-corrected chi connectivity index (χ4v) is 1.21. The summed E-state index contributed by atoms with van der Waals surface area (Å²) in [7, 11) is 0. The van der Waals surface area contributed by atoms with E-state index in [0.717, 1.165) is 5.82 Å². The van der Waals surface area contributed by atoms with Gasteiger partial charge in [-0.3, -0.25) is 0 Å². The Balaban J connectivity index is 2.93. The molecule has 1 aromatic heterocycles. The summed E-state index contributed by atoms with van der Waals surface area (Å²) in [6.07, 6.45) is 1.76. The first-order valence-corrected chi connectivity index (χ1v) is 4.69. The molecule has 0 saturated heterocycles. The summed E-state index contributed by atoms with van der Waals surface area (Å²) in [5, 5.41) is 8.00. The van der Waals surface area contributed by atoms with Crippen LogP contribution in [-0.2, 0) is 0 Å². The van der Waals surface area contributed by atoms with Crippen LogP contribution in [0.15, 0.2) is 6.33 Å². The lowest BCUT2D eigenvalue weighted by Gasteiger charge is -2.17. The van der Waals surface area contributed by atoms with Gasteiger partial charge >= 0.3 is 0 Å². The van der Waals surface area contributed by atoms with Gasteiger partial charge in [-0.1, -0.05) is 6.92 Å². The lowest BCUT2D eigenvalue weighted by Crippen LogP contribution is -2.25. The number of rotatable bonds is 3. The summed E-state index contributed by atoms with van der Waals surface area (Å²) in [6, 6.07) is 0.507. The highest BCUT2D eigenvalue weighted by Gasteiger charge is 2.17. The van der Waals surface area contributed by atoms with Crippen molar-refractivity contribution >= 4 is 0 Å². The molecule has 2 N–H and O–H groups in total. The van der Waals surface area contributed by atoms with Crippen molar-refractivity contribution in [1.82, 2.24) is 14.8 Å². The zero-order valence-corrected chi connectivity index (χ0v) is 8.73. The summed E-state index contributed by atoms with van der Waals surface area (Å²) < 4.78 is 2.06. The molecular weight excluding hydrogens is 164 g/mol. The maximum Gasteiger partial charge on any atom is 0.137 e. The molecule has 1 rings (SSSR count). The standard InChI is InChI=1S/C9H18N4/c1-6(2)13-5-11-12-9(13)7(3)8(4)10/h5-8H,10H2,1-4H3. The summed E-state index contributed by atoms with van der Waals surface area (Å²) in [5.74, 6) is 1.23. The van der Waals surface area contributed by atoms with E-state index in [2.05, 4.69) is 35.5 Å². The molecule has 0 aliphatic carbocycles. The van der Waals surface area contributed by atoms with E-state index in [-0.39, 0.29) is 12.0 Å². The molecule has 0 fully saturated rings. The molecule has 1 aromatic rings. The van der Waals surface area contributed by atoms with Crippen molar-refractivity contribution in [1.29, 1.82) is 0 Å². The third-order valence-corrected chi connectivity index (χ3v) is 2.35. The Morgan fingerprint density at radius 3 is 2.38 bits per heavy atom. The number of hydrogen-bond acceptors (Lipinski definition) is 3. The minimum atomic E-state index is 0.113. The van der Waals surface area contributed by atoms with Gasteiger partial charge in [0.2, 0.25) is 0 Å². The Labute approximate surface area is 79.2 Å². The summed E-state index contributed by atoms with van der Waals surface area (Å²) in [4.78, 5) is 0. The van der Waals surface area contributed by atoms with Crippen LogP contribution in [0, 0.1) is 0 Å². The van der Waals surface area contributed by atoms with Crippen LogP contribution in [0.3, 0.4) is 0 Å². The van der Waals surface area contributed by atoms with Crippen LogP contribution in [0.1, 0.15) is 45.5 Å². The molecule has 0 radical (unpaired) electrons. The Kier molecular flexibility index (Phi) is 3.03. The Bertz CT molecular complexity index is 264. The third-order valence-electron chi connectivity index (χ3n) is 2.35. The fraction of sp³-hybridized carbons (Fsp3) is 0.778. The van der Waals surface area contributed by atoms with Crippen LogP contribution >= 0.6 is 0 Å². The van der Waals surface area contributed by atoms with E-state index < -0.39 is 0 Å². The minimum Gasteiger partial charge on any atom is -0.327 e. The Hall–Kier alpha value is -0.900. The lowest BCUT2D eigenvalue weighted by molar-refractivity contribution is 0.502. The van der Waals surface area contributed by atoms with Crippen molar-refractivity contribution in [2.45, 2.75) is 45.7 Å². The molecule has 2 unspecified atom stereocenters. The summed E-state index contributed by atoms with van der Waals surface area (Å²) >= 11 is 0. The monoisotopic (exact) mass is 182 g/mol. The van der Waals surface area contributed by atoms with E-state index >= 15 is 0 Å². The molecule has 0 saturated carbocycles. The Morgan fingerprint density at radius 2 is 1.92 bits per heavy atom. The SMILES string of the molecule is CC(N)C(C)c1nncn1C(C)C. The normalized spacial score (nSPS) is 16.2. The number of aromatic nitrogens is 3. The lowest BCUT2D eigenvalue weighted by atomic mass is 10.0. The molecule has 4 heteroatoms. The van der Waals surface area contributed by atoms with Crippen molar-refractivity contribution in [3.05, 3.63) is 12.2 Å². The van der Waals surface area contributed by atoms with Gasteiger partial charge in [0.1, 0.15) is 12.2 Å². The molecule has 0 aromatic carbocycles.